The minimum Gasteiger partial charge on any atom is -0.464 e. The van der Waals surface area contributed by atoms with Crippen molar-refractivity contribution in [2.24, 2.45) is 0 Å². The van der Waals surface area contributed by atoms with Crippen molar-refractivity contribution < 1.29 is 28.6 Å². The monoisotopic (exact) mass is 505 g/mol. The van der Waals surface area contributed by atoms with Gasteiger partial charge in [-0.2, -0.15) is 0 Å². The quantitative estimate of drug-likeness (QED) is 0.501. The van der Waals surface area contributed by atoms with E-state index in [-0.39, 0.29) is 18.0 Å². The van der Waals surface area contributed by atoms with Crippen molar-refractivity contribution in [2.45, 2.75) is 38.3 Å². The molecule has 192 valence electrons. The summed E-state index contributed by atoms with van der Waals surface area (Å²) in [6.45, 7) is 2.19. The second-order valence-electron chi connectivity index (χ2n) is 8.76. The van der Waals surface area contributed by atoms with Crippen molar-refractivity contribution in [1.82, 2.24) is 14.9 Å². The number of piperidine rings is 1. The highest BCUT2D eigenvalue weighted by molar-refractivity contribution is 5.94. The Morgan fingerprint density at radius 3 is 2.35 bits per heavy atom. The molecule has 1 aliphatic rings. The lowest BCUT2D eigenvalue weighted by atomic mass is 9.87. The topological polar surface area (TPSA) is 128 Å². The highest BCUT2D eigenvalue weighted by atomic mass is 16.6. The Labute approximate surface area is 213 Å². The van der Waals surface area contributed by atoms with Gasteiger partial charge in [0.15, 0.2) is 5.69 Å². The first-order valence-electron chi connectivity index (χ1n) is 11.8. The Bertz CT molecular complexity index is 1340. The summed E-state index contributed by atoms with van der Waals surface area (Å²) >= 11 is 0. The van der Waals surface area contributed by atoms with Crippen molar-refractivity contribution >= 4 is 18.0 Å². The molecule has 0 aliphatic carbocycles. The smallest absolute Gasteiger partial charge is 0.410 e. The van der Waals surface area contributed by atoms with Crippen LogP contribution in [0.25, 0.3) is 0 Å². The molecule has 0 saturated carbocycles. The first-order chi connectivity index (χ1) is 17.8. The number of benzene rings is 2. The summed E-state index contributed by atoms with van der Waals surface area (Å²) in [6.07, 6.45) is 1.37. The van der Waals surface area contributed by atoms with Crippen LogP contribution in [-0.4, -0.2) is 46.6 Å². The molecule has 0 spiro atoms. The first-order valence-corrected chi connectivity index (χ1v) is 11.8. The van der Waals surface area contributed by atoms with Gasteiger partial charge in [0, 0.05) is 6.54 Å². The highest BCUT2D eigenvalue weighted by Crippen LogP contribution is 2.36. The number of methoxy groups -OCH3 is 1. The van der Waals surface area contributed by atoms with E-state index in [1.807, 2.05) is 30.3 Å². The molecule has 1 fully saturated rings. The van der Waals surface area contributed by atoms with E-state index in [1.165, 1.54) is 17.0 Å². The predicted molar refractivity (Wildman–Crippen MR) is 132 cm³/mol. The molecule has 4 rings (SSSR count). The predicted octanol–water partition coefficient (Wildman–Crippen LogP) is 3.81. The molecular formula is C27H27N3O7. The Morgan fingerprint density at radius 1 is 1.00 bits per heavy atom. The van der Waals surface area contributed by atoms with Crippen LogP contribution >= 0.6 is 0 Å². The molecule has 1 N–H and O–H groups in total. The second kappa shape index (κ2) is 11.1. The molecule has 2 heterocycles. The van der Waals surface area contributed by atoms with Gasteiger partial charge in [-0.25, -0.2) is 19.4 Å². The molecule has 0 radical (unpaired) electrons. The van der Waals surface area contributed by atoms with Gasteiger partial charge in [0.1, 0.15) is 18.0 Å². The molecule has 2 aromatic carbocycles. The SMILES string of the molecule is COC(=O)c1nc(C2(C)CCCCN2C(=O)OCc2ccccc2)[nH]c(=O)c1OC(=O)c1ccccc1. The van der Waals surface area contributed by atoms with Gasteiger partial charge in [0.05, 0.1) is 12.7 Å². The van der Waals surface area contributed by atoms with Crippen LogP contribution in [0.3, 0.4) is 0 Å². The van der Waals surface area contributed by atoms with Gasteiger partial charge in [-0.05, 0) is 43.9 Å². The normalized spacial score (nSPS) is 17.1. The van der Waals surface area contributed by atoms with Crippen LogP contribution in [-0.2, 0) is 21.6 Å². The standard InChI is InChI=1S/C27H27N3O7/c1-27(15-9-10-16-30(27)26(34)36-17-18-11-5-3-6-12-18)25-28-20(24(33)35-2)21(22(31)29-25)37-23(32)19-13-7-4-8-14-19/h3-8,11-14H,9-10,15-17H2,1-2H3,(H,28,29,31). The Hall–Kier alpha value is -4.47. The minimum atomic E-state index is -1.09. The second-order valence-corrected chi connectivity index (χ2v) is 8.76. The number of carbonyl (C=O) groups excluding carboxylic acids is 3. The number of nitrogens with zero attached hydrogens (tertiary/aromatic N) is 2. The fourth-order valence-electron chi connectivity index (χ4n) is 4.23. The van der Waals surface area contributed by atoms with Crippen molar-refractivity contribution in [3.63, 3.8) is 0 Å². The summed E-state index contributed by atoms with van der Waals surface area (Å²) in [5, 5.41) is 0. The van der Waals surface area contributed by atoms with Gasteiger partial charge >= 0.3 is 18.0 Å². The van der Waals surface area contributed by atoms with E-state index in [9.17, 15) is 19.2 Å². The molecule has 10 heteroatoms. The first kappa shape index (κ1) is 25.6. The van der Waals surface area contributed by atoms with Crippen molar-refractivity contribution in [1.29, 1.82) is 0 Å². The number of H-pyrrole nitrogens is 1. The Kier molecular flexibility index (Phi) is 7.66. The van der Waals surface area contributed by atoms with Crippen molar-refractivity contribution in [2.75, 3.05) is 13.7 Å². The molecule has 1 saturated heterocycles. The molecule has 10 nitrogen and oxygen atoms in total. The number of hydrogen-bond donors (Lipinski definition) is 1. The zero-order chi connectivity index (χ0) is 26.4. The number of esters is 2. The molecule has 3 aromatic rings. The fourth-order valence-corrected chi connectivity index (χ4v) is 4.23. The number of aromatic amines is 1. The number of amides is 1. The van der Waals surface area contributed by atoms with Crippen molar-refractivity contribution in [3.05, 3.63) is 93.7 Å². The number of likely N-dealkylation sites (tertiary alicyclic amines) is 1. The molecule has 1 amide bonds. The zero-order valence-corrected chi connectivity index (χ0v) is 20.6. The van der Waals surface area contributed by atoms with Crippen LogP contribution < -0.4 is 10.3 Å². The van der Waals surface area contributed by atoms with E-state index in [2.05, 4.69) is 9.97 Å². The largest absolute Gasteiger partial charge is 0.464 e. The molecular weight excluding hydrogens is 478 g/mol. The third kappa shape index (κ3) is 5.53. The lowest BCUT2D eigenvalue weighted by molar-refractivity contribution is 0.0252. The molecule has 0 bridgehead atoms. The van der Waals surface area contributed by atoms with Crippen LogP contribution in [0, 0.1) is 0 Å². The van der Waals surface area contributed by atoms with Gasteiger partial charge in [-0.15, -0.1) is 0 Å². The minimum absolute atomic E-state index is 0.0637. The van der Waals surface area contributed by atoms with Crippen LogP contribution in [0.1, 0.15) is 58.4 Å². The van der Waals surface area contributed by atoms with E-state index in [1.54, 1.807) is 25.1 Å². The summed E-state index contributed by atoms with van der Waals surface area (Å²) in [7, 11) is 1.13. The number of hydrogen-bond acceptors (Lipinski definition) is 8. The van der Waals surface area contributed by atoms with Crippen LogP contribution in [0.15, 0.2) is 65.5 Å². The van der Waals surface area contributed by atoms with E-state index in [0.29, 0.717) is 13.0 Å². The van der Waals surface area contributed by atoms with E-state index in [4.69, 9.17) is 14.2 Å². The van der Waals surface area contributed by atoms with Gasteiger partial charge in [0.25, 0.3) is 5.56 Å². The van der Waals surface area contributed by atoms with E-state index < -0.39 is 40.6 Å². The average Bonchev–Trinajstić information content (AvgIpc) is 2.93. The summed E-state index contributed by atoms with van der Waals surface area (Å²) in [5.41, 5.74) is -1.38. The number of aromatic nitrogens is 2. The number of rotatable bonds is 6. The summed E-state index contributed by atoms with van der Waals surface area (Å²) in [4.78, 5) is 59.8. The third-order valence-corrected chi connectivity index (χ3v) is 6.29. The third-order valence-electron chi connectivity index (χ3n) is 6.29. The maximum atomic E-state index is 13.1. The molecule has 1 unspecified atom stereocenters. The average molecular weight is 506 g/mol. The molecule has 1 atom stereocenters. The van der Waals surface area contributed by atoms with Crippen LogP contribution in [0.4, 0.5) is 4.79 Å². The maximum Gasteiger partial charge on any atom is 0.410 e. The maximum absolute atomic E-state index is 13.1. The van der Waals surface area contributed by atoms with E-state index >= 15 is 0 Å². The lowest BCUT2D eigenvalue weighted by Gasteiger charge is -2.43. The van der Waals surface area contributed by atoms with Gasteiger partial charge in [0.2, 0.25) is 5.75 Å². The fraction of sp³-hybridized carbons (Fsp3) is 0.296. The summed E-state index contributed by atoms with van der Waals surface area (Å²) in [6, 6.07) is 17.3. The van der Waals surface area contributed by atoms with Gasteiger partial charge in [-0.1, -0.05) is 48.5 Å². The van der Waals surface area contributed by atoms with E-state index in [0.717, 1.165) is 25.5 Å². The number of nitrogens with one attached hydrogen (secondary N) is 1. The Morgan fingerprint density at radius 2 is 1.68 bits per heavy atom. The molecule has 37 heavy (non-hydrogen) atoms. The summed E-state index contributed by atoms with van der Waals surface area (Å²) < 4.78 is 15.6. The van der Waals surface area contributed by atoms with Gasteiger partial charge < -0.3 is 19.2 Å². The lowest BCUT2D eigenvalue weighted by Crippen LogP contribution is -2.52. The highest BCUT2D eigenvalue weighted by Gasteiger charge is 2.43. The van der Waals surface area contributed by atoms with Gasteiger partial charge in [-0.3, -0.25) is 9.69 Å². The van der Waals surface area contributed by atoms with Crippen LogP contribution in [0.5, 0.6) is 5.75 Å². The van der Waals surface area contributed by atoms with Crippen LogP contribution in [0.2, 0.25) is 0 Å². The number of ether oxygens (including phenoxy) is 3. The Balaban J connectivity index is 1.66. The zero-order valence-electron chi connectivity index (χ0n) is 20.6. The summed E-state index contributed by atoms with van der Waals surface area (Å²) in [5.74, 6) is -2.31. The molecule has 1 aliphatic heterocycles. The molecule has 1 aromatic heterocycles. The number of carbonyl (C=O) groups is 3. The van der Waals surface area contributed by atoms with Crippen molar-refractivity contribution in [3.8, 4) is 5.75 Å².